The highest BCUT2D eigenvalue weighted by molar-refractivity contribution is 7.20. The number of esters is 1. The number of aromatic nitrogens is 2. The predicted octanol–water partition coefficient (Wildman–Crippen LogP) is 3.95. The van der Waals surface area contributed by atoms with Gasteiger partial charge in [0.05, 0.1) is 12.0 Å². The van der Waals surface area contributed by atoms with Gasteiger partial charge in [-0.25, -0.2) is 9.78 Å². The van der Waals surface area contributed by atoms with Crippen molar-refractivity contribution >= 4 is 39.7 Å². The molecule has 0 atom stereocenters. The third-order valence-corrected chi connectivity index (χ3v) is 4.92. The molecule has 0 radical (unpaired) electrons. The molecule has 128 valence electrons. The number of carbonyl (C=O) groups excluding carboxylic acids is 1. The first-order valence-electron chi connectivity index (χ1n) is 7.95. The molecule has 2 aromatic heterocycles. The first kappa shape index (κ1) is 17.1. The van der Waals surface area contributed by atoms with Crippen LogP contribution in [-0.2, 0) is 4.74 Å². The molecular formula is C19H18N2O3S. The zero-order valence-corrected chi connectivity index (χ0v) is 15.1. The Morgan fingerprint density at radius 2 is 2.12 bits per heavy atom. The van der Waals surface area contributed by atoms with Crippen LogP contribution in [0.15, 0.2) is 29.1 Å². The highest BCUT2D eigenvalue weighted by atomic mass is 32.1. The molecule has 0 aliphatic carbocycles. The van der Waals surface area contributed by atoms with Crippen LogP contribution in [0.25, 0.3) is 22.4 Å². The van der Waals surface area contributed by atoms with Gasteiger partial charge in [-0.1, -0.05) is 35.9 Å². The van der Waals surface area contributed by atoms with Crippen LogP contribution in [0.1, 0.15) is 39.1 Å². The van der Waals surface area contributed by atoms with Gasteiger partial charge in [-0.3, -0.25) is 4.79 Å². The zero-order chi connectivity index (χ0) is 18.0. The number of hydrogen-bond donors (Lipinski definition) is 1. The molecule has 0 spiro atoms. The average molecular weight is 354 g/mol. The summed E-state index contributed by atoms with van der Waals surface area (Å²) in [5, 5.41) is 0.445. The van der Waals surface area contributed by atoms with Crippen LogP contribution in [0.2, 0.25) is 0 Å². The van der Waals surface area contributed by atoms with Gasteiger partial charge in [-0.15, -0.1) is 11.3 Å². The Kier molecular flexibility index (Phi) is 4.81. The number of carbonyl (C=O) groups is 1. The summed E-state index contributed by atoms with van der Waals surface area (Å²) in [4.78, 5) is 32.6. The molecule has 3 rings (SSSR count). The van der Waals surface area contributed by atoms with E-state index in [1.165, 1.54) is 11.3 Å². The van der Waals surface area contributed by atoms with Crippen molar-refractivity contribution in [3.8, 4) is 0 Å². The lowest BCUT2D eigenvalue weighted by atomic mass is 10.1. The maximum atomic E-state index is 12.4. The van der Waals surface area contributed by atoms with Crippen molar-refractivity contribution in [2.24, 2.45) is 0 Å². The summed E-state index contributed by atoms with van der Waals surface area (Å²) in [7, 11) is 0. The molecule has 0 aliphatic rings. The normalized spacial score (nSPS) is 11.3. The third-order valence-electron chi connectivity index (χ3n) is 3.76. The van der Waals surface area contributed by atoms with Gasteiger partial charge in [0.2, 0.25) is 0 Å². The molecule has 25 heavy (non-hydrogen) atoms. The summed E-state index contributed by atoms with van der Waals surface area (Å²) in [6, 6.07) is 8.02. The Bertz CT molecular complexity index is 1030. The maximum absolute atomic E-state index is 12.4. The van der Waals surface area contributed by atoms with Gasteiger partial charge in [-0.2, -0.15) is 0 Å². The van der Waals surface area contributed by atoms with Crippen molar-refractivity contribution < 1.29 is 9.53 Å². The second kappa shape index (κ2) is 7.03. The minimum atomic E-state index is -0.417. The number of ether oxygens (including phenoxy) is 1. The molecule has 5 nitrogen and oxygen atoms in total. The number of H-pyrrole nitrogens is 1. The Morgan fingerprint density at radius 1 is 1.32 bits per heavy atom. The van der Waals surface area contributed by atoms with Gasteiger partial charge in [0.25, 0.3) is 5.56 Å². The molecule has 2 heterocycles. The molecule has 0 bridgehead atoms. The Morgan fingerprint density at radius 3 is 2.84 bits per heavy atom. The highest BCUT2D eigenvalue weighted by Gasteiger charge is 2.19. The number of nitrogens with one attached hydrogen (secondary N) is 1. The van der Waals surface area contributed by atoms with Crippen LogP contribution in [0.4, 0.5) is 0 Å². The smallest absolute Gasteiger partial charge is 0.348 e. The molecule has 1 N–H and O–H groups in total. The van der Waals surface area contributed by atoms with E-state index in [1.54, 1.807) is 19.9 Å². The van der Waals surface area contributed by atoms with E-state index in [2.05, 4.69) is 9.97 Å². The molecule has 6 heteroatoms. The topological polar surface area (TPSA) is 72.0 Å². The lowest BCUT2D eigenvalue weighted by Gasteiger charge is -1.98. The van der Waals surface area contributed by atoms with Crippen LogP contribution in [-0.4, -0.2) is 22.5 Å². The molecule has 0 saturated carbocycles. The van der Waals surface area contributed by atoms with E-state index >= 15 is 0 Å². The first-order chi connectivity index (χ1) is 12.0. The fraction of sp³-hybridized carbons (Fsp3) is 0.211. The van der Waals surface area contributed by atoms with Gasteiger partial charge in [0.1, 0.15) is 15.5 Å². The summed E-state index contributed by atoms with van der Waals surface area (Å²) in [5.74, 6) is 0.0370. The van der Waals surface area contributed by atoms with Crippen molar-refractivity contribution in [3.05, 3.63) is 62.0 Å². The van der Waals surface area contributed by atoms with Crippen LogP contribution < -0.4 is 5.56 Å². The van der Waals surface area contributed by atoms with E-state index in [4.69, 9.17) is 4.74 Å². The SMILES string of the molecule is CCOC(=O)c1sc2nc(/C=C/c3cccc(C)c3)[nH]c(=O)c2c1C. The molecule has 0 saturated heterocycles. The van der Waals surface area contributed by atoms with Crippen molar-refractivity contribution in [1.82, 2.24) is 9.97 Å². The van der Waals surface area contributed by atoms with E-state index < -0.39 is 5.97 Å². The molecular weight excluding hydrogens is 336 g/mol. The fourth-order valence-corrected chi connectivity index (χ4v) is 3.66. The largest absolute Gasteiger partial charge is 0.462 e. The monoisotopic (exact) mass is 354 g/mol. The van der Waals surface area contributed by atoms with Crippen LogP contribution in [0.5, 0.6) is 0 Å². The minimum absolute atomic E-state index is 0.252. The van der Waals surface area contributed by atoms with Gasteiger partial charge < -0.3 is 9.72 Å². The molecule has 0 amide bonds. The van der Waals surface area contributed by atoms with Crippen LogP contribution in [0.3, 0.4) is 0 Å². The standard InChI is InChI=1S/C19H18N2O3S/c1-4-24-19(23)16-12(3)15-17(22)20-14(21-18(15)25-16)9-8-13-7-5-6-11(2)10-13/h5-10H,4H2,1-3H3,(H,20,21,22)/b9-8+. The van der Waals surface area contributed by atoms with Gasteiger partial charge in [-0.05, 0) is 38.0 Å². The highest BCUT2D eigenvalue weighted by Crippen LogP contribution is 2.27. The second-order valence-electron chi connectivity index (χ2n) is 5.66. The van der Waals surface area contributed by atoms with Crippen LogP contribution in [0, 0.1) is 13.8 Å². The molecule has 0 aliphatic heterocycles. The first-order valence-corrected chi connectivity index (χ1v) is 8.76. The number of nitrogens with zero attached hydrogens (tertiary/aromatic N) is 1. The fourth-order valence-electron chi connectivity index (χ4n) is 2.58. The summed E-state index contributed by atoms with van der Waals surface area (Å²) in [5.41, 5.74) is 2.55. The lowest BCUT2D eigenvalue weighted by Crippen LogP contribution is -2.10. The van der Waals surface area contributed by atoms with E-state index in [0.29, 0.717) is 33.1 Å². The number of thiophene rings is 1. The number of fused-ring (bicyclic) bond motifs is 1. The van der Waals surface area contributed by atoms with E-state index in [1.807, 2.05) is 37.3 Å². The number of benzene rings is 1. The quantitative estimate of drug-likeness (QED) is 0.720. The Hall–Kier alpha value is -2.73. The van der Waals surface area contributed by atoms with Crippen molar-refractivity contribution in [1.29, 1.82) is 0 Å². The van der Waals surface area contributed by atoms with E-state index in [-0.39, 0.29) is 5.56 Å². The number of hydrogen-bond acceptors (Lipinski definition) is 5. The van der Waals surface area contributed by atoms with E-state index in [9.17, 15) is 9.59 Å². The number of aryl methyl sites for hydroxylation is 2. The Balaban J connectivity index is 2.01. The van der Waals surface area contributed by atoms with Crippen LogP contribution >= 0.6 is 11.3 Å². The summed E-state index contributed by atoms with van der Waals surface area (Å²) < 4.78 is 5.04. The molecule has 3 aromatic rings. The zero-order valence-electron chi connectivity index (χ0n) is 14.3. The average Bonchev–Trinajstić information content (AvgIpc) is 2.91. The number of rotatable bonds is 4. The molecule has 1 aromatic carbocycles. The second-order valence-corrected chi connectivity index (χ2v) is 6.65. The Labute approximate surface area is 149 Å². The predicted molar refractivity (Wildman–Crippen MR) is 101 cm³/mol. The summed E-state index contributed by atoms with van der Waals surface area (Å²) in [6.07, 6.45) is 3.65. The number of aromatic amines is 1. The molecule has 0 unspecified atom stereocenters. The van der Waals surface area contributed by atoms with Crippen molar-refractivity contribution in [2.75, 3.05) is 6.61 Å². The molecule has 0 fully saturated rings. The van der Waals surface area contributed by atoms with Gasteiger partial charge >= 0.3 is 5.97 Å². The lowest BCUT2D eigenvalue weighted by molar-refractivity contribution is 0.0531. The summed E-state index contributed by atoms with van der Waals surface area (Å²) >= 11 is 1.18. The van der Waals surface area contributed by atoms with Gasteiger partial charge in [0.15, 0.2) is 0 Å². The minimum Gasteiger partial charge on any atom is -0.462 e. The third kappa shape index (κ3) is 3.53. The summed E-state index contributed by atoms with van der Waals surface area (Å²) in [6.45, 7) is 5.81. The van der Waals surface area contributed by atoms with Crippen molar-refractivity contribution in [2.45, 2.75) is 20.8 Å². The maximum Gasteiger partial charge on any atom is 0.348 e. The van der Waals surface area contributed by atoms with Gasteiger partial charge in [0, 0.05) is 0 Å². The van der Waals surface area contributed by atoms with Crippen molar-refractivity contribution in [3.63, 3.8) is 0 Å². The van der Waals surface area contributed by atoms with E-state index in [0.717, 1.165) is 11.1 Å².